The third-order valence-electron chi connectivity index (χ3n) is 8.10. The predicted molar refractivity (Wildman–Crippen MR) is 171 cm³/mol. The van der Waals surface area contributed by atoms with E-state index in [4.69, 9.17) is 9.47 Å². The number of hydrogen-bond donors (Lipinski definition) is 0. The van der Waals surface area contributed by atoms with E-state index in [9.17, 15) is 17.6 Å². The number of fused-ring (bicyclic) bond motifs is 2. The van der Waals surface area contributed by atoms with Gasteiger partial charge in [0.2, 0.25) is 0 Å². The molecule has 1 aliphatic rings. The van der Waals surface area contributed by atoms with Gasteiger partial charge in [0.15, 0.2) is 0 Å². The van der Waals surface area contributed by atoms with Crippen molar-refractivity contribution in [2.45, 2.75) is 56.4 Å². The van der Waals surface area contributed by atoms with E-state index in [1.54, 1.807) is 60.7 Å². The minimum atomic E-state index is -3.98. The van der Waals surface area contributed by atoms with Crippen LogP contribution in [-0.2, 0) is 24.9 Å². The fourth-order valence-corrected chi connectivity index (χ4v) is 7.49. The maximum absolute atomic E-state index is 14.1. The highest BCUT2D eigenvalue weighted by molar-refractivity contribution is 7.90. The predicted octanol–water partition coefficient (Wildman–Crippen LogP) is 6.61. The normalized spacial score (nSPS) is 14.7. The van der Waals surface area contributed by atoms with Crippen LogP contribution in [0.3, 0.4) is 0 Å². The second-order valence-electron chi connectivity index (χ2n) is 13.2. The first-order valence-corrected chi connectivity index (χ1v) is 16.3. The monoisotopic (exact) mass is 632 g/mol. The third-order valence-corrected chi connectivity index (χ3v) is 9.72. The quantitative estimate of drug-likeness (QED) is 0.200. The lowest BCUT2D eigenvalue weighted by Gasteiger charge is -2.41. The molecule has 0 saturated carbocycles. The van der Waals surface area contributed by atoms with Gasteiger partial charge >= 0.3 is 6.09 Å². The molecule has 0 aliphatic carbocycles. The van der Waals surface area contributed by atoms with Gasteiger partial charge in [0.25, 0.3) is 10.0 Å². The Balaban J connectivity index is 1.61. The highest BCUT2D eigenvalue weighted by Gasteiger charge is 2.41. The molecule has 236 valence electrons. The van der Waals surface area contributed by atoms with Crippen LogP contribution in [0.4, 0.5) is 9.18 Å². The fourth-order valence-electron chi connectivity index (χ4n) is 6.20. The minimum absolute atomic E-state index is 0.0765. The van der Waals surface area contributed by atoms with Crippen molar-refractivity contribution in [2.24, 2.45) is 0 Å². The number of methoxy groups -OCH3 is 1. The zero-order valence-corrected chi connectivity index (χ0v) is 27.1. The van der Waals surface area contributed by atoms with Crippen molar-refractivity contribution in [1.82, 2.24) is 18.7 Å². The molecule has 45 heavy (non-hydrogen) atoms. The molecular formula is C34H37FN4O5S. The van der Waals surface area contributed by atoms with Crippen molar-refractivity contribution in [3.8, 4) is 5.69 Å². The van der Waals surface area contributed by atoms with Crippen LogP contribution >= 0.6 is 0 Å². The van der Waals surface area contributed by atoms with Crippen molar-refractivity contribution in [1.29, 1.82) is 0 Å². The molecule has 0 radical (unpaired) electrons. The lowest BCUT2D eigenvalue weighted by molar-refractivity contribution is 0.00808. The zero-order valence-electron chi connectivity index (χ0n) is 26.2. The molecule has 3 aromatic carbocycles. The summed E-state index contributed by atoms with van der Waals surface area (Å²) >= 11 is 0. The highest BCUT2D eigenvalue weighted by Crippen LogP contribution is 2.45. The second kappa shape index (κ2) is 11.0. The standard InChI is InChI=1S/C34H37FN4O5S/c1-33(2,3)44-32(40)37-19-23(20-37)30-27-17-28-22(18-36-39(28)45(41,42)26-10-8-7-9-11-26)16-29(27)38(25-14-12-24(35)13-15-25)31(30)34(4,5)21-43-6/h7-18,23H,19-21H2,1-6H3. The molecule has 5 aromatic rings. The van der Waals surface area contributed by atoms with Gasteiger partial charge in [-0.3, -0.25) is 0 Å². The smallest absolute Gasteiger partial charge is 0.410 e. The van der Waals surface area contributed by atoms with Gasteiger partial charge in [-0.25, -0.2) is 9.18 Å². The van der Waals surface area contributed by atoms with Crippen molar-refractivity contribution >= 4 is 37.9 Å². The molecule has 1 fully saturated rings. The summed E-state index contributed by atoms with van der Waals surface area (Å²) < 4.78 is 56.0. The molecular weight excluding hydrogens is 595 g/mol. The van der Waals surface area contributed by atoms with Crippen LogP contribution in [0, 0.1) is 5.82 Å². The largest absolute Gasteiger partial charge is 0.444 e. The lowest BCUT2D eigenvalue weighted by Crippen LogP contribution is -2.50. The fraction of sp³-hybridized carbons (Fsp3) is 0.353. The number of halogens is 1. The summed E-state index contributed by atoms with van der Waals surface area (Å²) in [6.45, 7) is 10.9. The van der Waals surface area contributed by atoms with Crippen LogP contribution in [0.1, 0.15) is 51.8 Å². The van der Waals surface area contributed by atoms with E-state index in [2.05, 4.69) is 23.5 Å². The van der Waals surface area contributed by atoms with Gasteiger partial charge in [-0.2, -0.15) is 17.6 Å². The molecule has 6 rings (SSSR count). The summed E-state index contributed by atoms with van der Waals surface area (Å²) in [4.78, 5) is 14.7. The molecule has 0 N–H and O–H groups in total. The Morgan fingerprint density at radius 2 is 1.64 bits per heavy atom. The Kier molecular flexibility index (Phi) is 7.52. The van der Waals surface area contributed by atoms with Crippen LogP contribution in [0.15, 0.2) is 77.8 Å². The molecule has 9 nitrogen and oxygen atoms in total. The number of carbonyl (C=O) groups is 1. The number of aromatic nitrogens is 3. The summed E-state index contributed by atoms with van der Waals surface area (Å²) in [6, 6.07) is 18.3. The Morgan fingerprint density at radius 1 is 0.978 bits per heavy atom. The molecule has 0 bridgehead atoms. The average Bonchev–Trinajstić information content (AvgIpc) is 3.51. The zero-order chi connectivity index (χ0) is 32.3. The number of benzene rings is 3. The Hall–Kier alpha value is -4.22. The molecule has 1 amide bonds. The van der Waals surface area contributed by atoms with Crippen molar-refractivity contribution in [2.75, 3.05) is 26.8 Å². The van der Waals surface area contributed by atoms with Gasteiger partial charge in [0, 0.05) is 53.7 Å². The van der Waals surface area contributed by atoms with Gasteiger partial charge in [0.1, 0.15) is 11.4 Å². The van der Waals surface area contributed by atoms with Crippen LogP contribution < -0.4 is 0 Å². The van der Waals surface area contributed by atoms with E-state index in [1.807, 2.05) is 32.9 Å². The number of nitrogens with zero attached hydrogens (tertiary/aromatic N) is 4. The molecule has 0 unspecified atom stereocenters. The van der Waals surface area contributed by atoms with Gasteiger partial charge < -0.3 is 18.9 Å². The third kappa shape index (κ3) is 5.48. The molecule has 3 heterocycles. The summed E-state index contributed by atoms with van der Waals surface area (Å²) in [6.07, 6.45) is 1.16. The lowest BCUT2D eigenvalue weighted by atomic mass is 9.80. The number of ether oxygens (including phenoxy) is 2. The topological polar surface area (TPSA) is 95.7 Å². The first-order valence-electron chi connectivity index (χ1n) is 14.8. The van der Waals surface area contributed by atoms with Crippen molar-refractivity contribution in [3.05, 3.63) is 90.0 Å². The Labute approximate surface area is 262 Å². The number of rotatable bonds is 7. The van der Waals surface area contributed by atoms with Gasteiger partial charge in [-0.05, 0) is 74.9 Å². The van der Waals surface area contributed by atoms with Gasteiger partial charge in [0.05, 0.1) is 28.7 Å². The van der Waals surface area contributed by atoms with E-state index in [0.717, 1.165) is 31.9 Å². The highest BCUT2D eigenvalue weighted by atomic mass is 32.2. The van der Waals surface area contributed by atoms with Crippen LogP contribution in [-0.4, -0.2) is 65.6 Å². The maximum Gasteiger partial charge on any atom is 0.410 e. The van der Waals surface area contributed by atoms with Crippen molar-refractivity contribution < 1.29 is 27.1 Å². The molecule has 11 heteroatoms. The van der Waals surface area contributed by atoms with E-state index < -0.39 is 21.0 Å². The first kappa shape index (κ1) is 30.8. The minimum Gasteiger partial charge on any atom is -0.444 e. The number of likely N-dealkylation sites (tertiary alicyclic amines) is 1. The molecule has 1 aliphatic heterocycles. The molecule has 2 aromatic heterocycles. The Morgan fingerprint density at radius 3 is 2.27 bits per heavy atom. The summed E-state index contributed by atoms with van der Waals surface area (Å²) in [5, 5.41) is 5.78. The van der Waals surface area contributed by atoms with Gasteiger partial charge in [-0.15, -0.1) is 0 Å². The van der Waals surface area contributed by atoms with E-state index >= 15 is 0 Å². The van der Waals surface area contributed by atoms with E-state index in [0.29, 0.717) is 30.6 Å². The summed E-state index contributed by atoms with van der Waals surface area (Å²) in [7, 11) is -2.33. The average molecular weight is 633 g/mol. The second-order valence-corrected chi connectivity index (χ2v) is 15.0. The van der Waals surface area contributed by atoms with Gasteiger partial charge in [-0.1, -0.05) is 32.0 Å². The number of carbonyl (C=O) groups excluding carboxylic acids is 1. The van der Waals surface area contributed by atoms with Crippen LogP contribution in [0.25, 0.3) is 27.5 Å². The SMILES string of the molecule is COCC(C)(C)c1c(C2CN(C(=O)OC(C)(C)C)C2)c2cc3c(cnn3S(=O)(=O)c3ccccc3)cc2n1-c1ccc(F)cc1. The Bertz CT molecular complexity index is 2000. The summed E-state index contributed by atoms with van der Waals surface area (Å²) in [5.41, 5.74) is 2.76. The molecule has 0 atom stereocenters. The molecule has 1 saturated heterocycles. The van der Waals surface area contributed by atoms with Crippen LogP contribution in [0.2, 0.25) is 0 Å². The summed E-state index contributed by atoms with van der Waals surface area (Å²) in [5.74, 6) is -0.428. The van der Waals surface area contributed by atoms with E-state index in [1.165, 1.54) is 12.1 Å². The number of hydrogen-bond acceptors (Lipinski definition) is 6. The first-order chi connectivity index (χ1) is 21.2. The van der Waals surface area contributed by atoms with Crippen LogP contribution in [0.5, 0.6) is 0 Å². The van der Waals surface area contributed by atoms with E-state index in [-0.39, 0.29) is 22.7 Å². The molecule has 0 spiro atoms. The van der Waals surface area contributed by atoms with Crippen molar-refractivity contribution in [3.63, 3.8) is 0 Å². The maximum atomic E-state index is 14.1. The number of amides is 1.